The molecule has 0 aromatic heterocycles. The van der Waals surface area contributed by atoms with Gasteiger partial charge in [-0.2, -0.15) is 0 Å². The maximum atomic E-state index is 5.48. The largest absolute Gasteiger partial charge is 0.405 e. The molecule has 1 aliphatic carbocycles. The van der Waals surface area contributed by atoms with Crippen LogP contribution in [-0.2, 0) is 0 Å². The summed E-state index contributed by atoms with van der Waals surface area (Å²) >= 11 is 2.38. The second-order valence-electron chi connectivity index (χ2n) is 10.0. The number of aliphatic imine (C=N–C) groups is 1. The lowest BCUT2D eigenvalue weighted by Gasteiger charge is -2.32. The molecule has 2 heterocycles. The fourth-order valence-corrected chi connectivity index (χ4v) is 5.54. The lowest BCUT2D eigenvalue weighted by molar-refractivity contribution is 0.465. The van der Waals surface area contributed by atoms with Gasteiger partial charge in [0.25, 0.3) is 0 Å². The van der Waals surface area contributed by atoms with E-state index in [1.54, 1.807) is 6.20 Å². The van der Waals surface area contributed by atoms with Crippen molar-refractivity contribution in [3.63, 3.8) is 0 Å². The number of nitrogens with zero attached hydrogens (tertiary/aromatic N) is 1. The number of nitrogens with two attached hydrogens (primary N) is 1. The summed E-state index contributed by atoms with van der Waals surface area (Å²) < 4.78 is 1.05. The fraction of sp³-hybridized carbons (Fsp3) is 0.364. The molecule has 0 radical (unpaired) electrons. The van der Waals surface area contributed by atoms with Gasteiger partial charge in [-0.15, -0.1) is 0 Å². The van der Waals surface area contributed by atoms with E-state index in [9.17, 15) is 0 Å². The van der Waals surface area contributed by atoms with Gasteiger partial charge in [0, 0.05) is 23.5 Å². The Morgan fingerprint density at radius 3 is 2.59 bits per heavy atom. The zero-order valence-corrected chi connectivity index (χ0v) is 24.8. The summed E-state index contributed by atoms with van der Waals surface area (Å²) in [6.45, 7) is 11.3. The van der Waals surface area contributed by atoms with E-state index in [4.69, 9.17) is 10.7 Å². The smallest absolute Gasteiger partial charge is 0.0973 e. The number of halogens is 1. The van der Waals surface area contributed by atoms with Crippen LogP contribution in [-0.4, -0.2) is 5.71 Å². The molecule has 0 spiro atoms. The van der Waals surface area contributed by atoms with Gasteiger partial charge in [0.05, 0.1) is 15.1 Å². The molecule has 3 N–H and O–H groups in total. The number of hydrogen-bond acceptors (Lipinski definition) is 3. The number of rotatable bonds is 7. The van der Waals surface area contributed by atoms with Crippen LogP contribution >= 0.6 is 22.6 Å². The normalized spacial score (nSPS) is 29.0. The Labute approximate surface area is 238 Å². The van der Waals surface area contributed by atoms with Gasteiger partial charge in [-0.05, 0) is 96.2 Å². The Hall–Kier alpha value is -2.60. The van der Waals surface area contributed by atoms with Crippen LogP contribution in [0.15, 0.2) is 123 Å². The lowest BCUT2D eigenvalue weighted by Crippen LogP contribution is -2.27. The molecular formula is C33H42IN3. The van der Waals surface area contributed by atoms with E-state index in [-0.39, 0.29) is 5.41 Å². The van der Waals surface area contributed by atoms with Crippen LogP contribution in [0.3, 0.4) is 0 Å². The van der Waals surface area contributed by atoms with Crippen molar-refractivity contribution < 1.29 is 0 Å². The highest BCUT2D eigenvalue weighted by atomic mass is 127. The molecule has 2 unspecified atom stereocenters. The van der Waals surface area contributed by atoms with E-state index >= 15 is 0 Å². The van der Waals surface area contributed by atoms with Crippen LogP contribution in [0.25, 0.3) is 0 Å². The molecular weight excluding hydrogens is 565 g/mol. The van der Waals surface area contributed by atoms with E-state index in [2.05, 4.69) is 110 Å². The van der Waals surface area contributed by atoms with E-state index < -0.39 is 0 Å². The lowest BCUT2D eigenvalue weighted by atomic mass is 9.75. The molecule has 0 aromatic rings. The quantitative estimate of drug-likeness (QED) is 0.172. The van der Waals surface area contributed by atoms with Crippen molar-refractivity contribution in [1.82, 2.24) is 5.32 Å². The summed E-state index contributed by atoms with van der Waals surface area (Å²) in [6.07, 6.45) is 34.9. The average Bonchev–Trinajstić information content (AvgIpc) is 3.03. The molecule has 0 saturated carbocycles. The Morgan fingerprint density at radius 2 is 1.86 bits per heavy atom. The van der Waals surface area contributed by atoms with Crippen molar-refractivity contribution in [3.8, 4) is 0 Å². The molecule has 0 saturated heterocycles. The first-order valence-corrected chi connectivity index (χ1v) is 14.6. The Morgan fingerprint density at radius 1 is 1.08 bits per heavy atom. The maximum absolute atomic E-state index is 5.48. The standard InChI is InChI=1S/C33H42IN3/c1-5-33(4,23-13-6-7-14-24-35)29-17-11-12-18-31(34)37-30-22-21-28(20-19-25(2)36-32(29)30)26(3)27-15-9-8-10-16-27/h6-7,9,13-16,18-21,23-24,26,36H,2,5,8,10-12,17,22,35H2,1,3-4H3/b7-6-,20-19-,23-13+,24-14-,28-21+,31-18-,32-29-,37-30-. The summed E-state index contributed by atoms with van der Waals surface area (Å²) in [5.41, 5.74) is 12.5. The van der Waals surface area contributed by atoms with Crippen molar-refractivity contribution in [2.75, 3.05) is 0 Å². The number of nitrogens with one attached hydrogen (secondary N) is 1. The molecule has 4 heteroatoms. The Bertz CT molecular complexity index is 1150. The first-order valence-electron chi connectivity index (χ1n) is 13.5. The van der Waals surface area contributed by atoms with Gasteiger partial charge in [-0.1, -0.05) is 88.1 Å². The minimum absolute atomic E-state index is 0.120. The predicted octanol–water partition coefficient (Wildman–Crippen LogP) is 9.05. The molecule has 0 bridgehead atoms. The first-order chi connectivity index (χ1) is 17.9. The third-order valence-corrected chi connectivity index (χ3v) is 8.11. The van der Waals surface area contributed by atoms with Crippen LogP contribution in [0.2, 0.25) is 0 Å². The summed E-state index contributed by atoms with van der Waals surface area (Å²) in [6, 6.07) is 0. The Balaban J connectivity index is 2.11. The maximum Gasteiger partial charge on any atom is 0.0973 e. The van der Waals surface area contributed by atoms with Crippen LogP contribution < -0.4 is 11.1 Å². The topological polar surface area (TPSA) is 50.4 Å². The molecule has 3 nitrogen and oxygen atoms in total. The van der Waals surface area contributed by atoms with E-state index in [0.29, 0.717) is 5.92 Å². The van der Waals surface area contributed by atoms with Crippen LogP contribution in [0.4, 0.5) is 0 Å². The summed E-state index contributed by atoms with van der Waals surface area (Å²) in [5, 5.41) is 3.71. The van der Waals surface area contributed by atoms with Gasteiger partial charge in [-0.25, -0.2) is 4.99 Å². The van der Waals surface area contributed by atoms with Crippen molar-refractivity contribution in [2.24, 2.45) is 22.1 Å². The van der Waals surface area contributed by atoms with Gasteiger partial charge in [0.15, 0.2) is 0 Å². The minimum atomic E-state index is -0.120. The monoisotopic (exact) mass is 607 g/mol. The minimum Gasteiger partial charge on any atom is -0.405 e. The fourth-order valence-electron chi connectivity index (χ4n) is 4.94. The second kappa shape index (κ2) is 14.4. The molecule has 3 aliphatic rings. The van der Waals surface area contributed by atoms with Crippen molar-refractivity contribution in [2.45, 2.75) is 65.7 Å². The van der Waals surface area contributed by atoms with Crippen molar-refractivity contribution in [3.05, 3.63) is 118 Å². The van der Waals surface area contributed by atoms with Crippen LogP contribution in [0.5, 0.6) is 0 Å². The van der Waals surface area contributed by atoms with Gasteiger partial charge in [-0.3, -0.25) is 0 Å². The Kier molecular flexibility index (Phi) is 11.2. The zero-order chi connectivity index (χ0) is 26.7. The first kappa shape index (κ1) is 29.0. The highest BCUT2D eigenvalue weighted by molar-refractivity contribution is 14.1. The van der Waals surface area contributed by atoms with Gasteiger partial charge < -0.3 is 11.1 Å². The summed E-state index contributed by atoms with van der Waals surface area (Å²) in [4.78, 5) is 5.16. The molecule has 37 heavy (non-hydrogen) atoms. The third-order valence-electron chi connectivity index (χ3n) is 7.43. The molecule has 2 aliphatic heterocycles. The van der Waals surface area contributed by atoms with Crippen molar-refractivity contribution in [1.29, 1.82) is 0 Å². The van der Waals surface area contributed by atoms with Crippen molar-refractivity contribution >= 4 is 28.3 Å². The highest BCUT2D eigenvalue weighted by Crippen LogP contribution is 2.39. The van der Waals surface area contributed by atoms with Gasteiger partial charge in [0.2, 0.25) is 0 Å². The number of hydrogen-bond donors (Lipinski definition) is 2. The zero-order valence-electron chi connectivity index (χ0n) is 22.6. The van der Waals surface area contributed by atoms with E-state index in [1.165, 1.54) is 16.7 Å². The third kappa shape index (κ3) is 8.19. The molecule has 0 fully saturated rings. The molecule has 0 amide bonds. The van der Waals surface area contributed by atoms with Gasteiger partial charge in [0.1, 0.15) is 0 Å². The van der Waals surface area contributed by atoms with Gasteiger partial charge >= 0.3 is 0 Å². The van der Waals surface area contributed by atoms with E-state index in [0.717, 1.165) is 65.8 Å². The summed E-state index contributed by atoms with van der Waals surface area (Å²) in [7, 11) is 0. The second-order valence-corrected chi connectivity index (χ2v) is 11.1. The SMILES string of the molecule is C=C1/C=C\C(C(C)C2=CCCC=C2)=C/CC2=N/C(I)=C\CCC/C(C(C)(/C=C/C=C\C=C/N)CC)=C\2N1. The predicted molar refractivity (Wildman–Crippen MR) is 170 cm³/mol. The number of fused-ring (bicyclic) bond motifs is 1. The molecule has 3 rings (SSSR count). The summed E-state index contributed by atoms with van der Waals surface area (Å²) in [5.74, 6) is 0.329. The average molecular weight is 608 g/mol. The molecule has 0 aromatic carbocycles. The molecule has 2 atom stereocenters. The molecule has 196 valence electrons. The number of allylic oxidation sites excluding steroid dienone is 16. The van der Waals surface area contributed by atoms with Crippen LogP contribution in [0, 0.1) is 11.3 Å². The van der Waals surface area contributed by atoms with E-state index in [1.807, 2.05) is 18.2 Å². The van der Waals surface area contributed by atoms with Crippen LogP contribution in [0.1, 0.15) is 65.7 Å². The highest BCUT2D eigenvalue weighted by Gasteiger charge is 2.29.